The molecule has 7 nitrogen and oxygen atoms in total. The van der Waals surface area contributed by atoms with Gasteiger partial charge in [0.1, 0.15) is 0 Å². The minimum Gasteiger partial charge on any atom is -0.493 e. The van der Waals surface area contributed by atoms with Gasteiger partial charge in [0.25, 0.3) is 0 Å². The Morgan fingerprint density at radius 3 is 2.54 bits per heavy atom. The van der Waals surface area contributed by atoms with Crippen LogP contribution in [0.25, 0.3) is 0 Å². The highest BCUT2D eigenvalue weighted by molar-refractivity contribution is 8.15. The van der Waals surface area contributed by atoms with Crippen LogP contribution in [0.4, 0.5) is 0 Å². The number of fused-ring (bicyclic) bond motifs is 1. The van der Waals surface area contributed by atoms with Gasteiger partial charge in [-0.25, -0.2) is 9.79 Å². The van der Waals surface area contributed by atoms with Gasteiger partial charge in [0, 0.05) is 0 Å². The normalized spacial score (nSPS) is 21.4. The van der Waals surface area contributed by atoms with Gasteiger partial charge in [-0.3, -0.25) is 9.69 Å². The summed E-state index contributed by atoms with van der Waals surface area (Å²) in [7, 11) is 3.11. The lowest BCUT2D eigenvalue weighted by molar-refractivity contribution is -0.139. The monoisotopic (exact) mass is 404 g/mol. The molecule has 150 valence electrons. The minimum atomic E-state index is -0.622. The summed E-state index contributed by atoms with van der Waals surface area (Å²) < 4.78 is 16.0. The van der Waals surface area contributed by atoms with E-state index in [0.29, 0.717) is 34.4 Å². The van der Waals surface area contributed by atoms with Gasteiger partial charge in [0.05, 0.1) is 43.4 Å². The zero-order valence-electron chi connectivity index (χ0n) is 16.6. The molecular weight excluding hydrogens is 380 g/mol. The molecule has 0 aromatic heterocycles. The molecule has 2 aliphatic heterocycles. The number of allylic oxidation sites excluding steroid dienone is 1. The Bertz CT molecular complexity index is 864. The molecular formula is C20H24N2O5S. The highest BCUT2D eigenvalue weighted by Gasteiger charge is 2.47. The van der Waals surface area contributed by atoms with Gasteiger partial charge >= 0.3 is 5.97 Å². The quantitative estimate of drug-likeness (QED) is 0.677. The largest absolute Gasteiger partial charge is 0.493 e. The van der Waals surface area contributed by atoms with Crippen LogP contribution in [0.3, 0.4) is 0 Å². The third-order valence-electron chi connectivity index (χ3n) is 4.74. The molecule has 2 atom stereocenters. The number of methoxy groups -OCH3 is 2. The molecule has 0 unspecified atom stereocenters. The lowest BCUT2D eigenvalue weighted by Gasteiger charge is -2.33. The van der Waals surface area contributed by atoms with E-state index in [-0.39, 0.29) is 17.8 Å². The first-order chi connectivity index (χ1) is 13.5. The second-order valence-electron chi connectivity index (χ2n) is 6.35. The Labute approximate surface area is 168 Å². The first-order valence-corrected chi connectivity index (χ1v) is 10.0. The van der Waals surface area contributed by atoms with Crippen LogP contribution in [0.1, 0.15) is 38.8 Å². The Morgan fingerprint density at radius 1 is 1.21 bits per heavy atom. The number of esters is 1. The molecule has 1 amide bonds. The van der Waals surface area contributed by atoms with Crippen molar-refractivity contribution in [2.24, 2.45) is 4.99 Å². The summed E-state index contributed by atoms with van der Waals surface area (Å²) in [4.78, 5) is 32.0. The van der Waals surface area contributed by atoms with E-state index < -0.39 is 12.0 Å². The predicted octanol–water partition coefficient (Wildman–Crippen LogP) is 3.31. The first-order valence-electron chi connectivity index (χ1n) is 9.14. The lowest BCUT2D eigenvalue weighted by Crippen LogP contribution is -2.40. The molecule has 1 aromatic rings. The van der Waals surface area contributed by atoms with E-state index in [1.165, 1.54) is 11.8 Å². The average molecular weight is 404 g/mol. The van der Waals surface area contributed by atoms with Gasteiger partial charge in [-0.1, -0.05) is 24.8 Å². The Morgan fingerprint density at radius 2 is 1.93 bits per heavy atom. The standard InChI is InChI=1S/C20H24N2O5S/c1-6-15-18(23)22-17(12-8-9-13(25-4)14(10-12)26-5)16(19(24)27-7-2)11(3)21-20(22)28-15/h8-10,15,17H,6-7H2,1-5H3/t15-,17+/m1/s1. The Kier molecular flexibility index (Phi) is 5.98. The highest BCUT2D eigenvalue weighted by Crippen LogP contribution is 2.45. The van der Waals surface area contributed by atoms with Gasteiger partial charge in [0.15, 0.2) is 16.7 Å². The van der Waals surface area contributed by atoms with Crippen molar-refractivity contribution in [3.63, 3.8) is 0 Å². The average Bonchev–Trinajstić information content (AvgIpc) is 3.01. The summed E-state index contributed by atoms with van der Waals surface area (Å²) in [6, 6.07) is 4.76. The second kappa shape index (κ2) is 8.26. The van der Waals surface area contributed by atoms with Crippen molar-refractivity contribution in [1.29, 1.82) is 0 Å². The number of amidine groups is 1. The fourth-order valence-corrected chi connectivity index (χ4v) is 4.53. The number of benzene rings is 1. The third-order valence-corrected chi connectivity index (χ3v) is 6.06. The number of carbonyl (C=O) groups excluding carboxylic acids is 2. The summed E-state index contributed by atoms with van der Waals surface area (Å²) in [5, 5.41) is 0.401. The molecule has 3 rings (SSSR count). The number of thioether (sulfide) groups is 1. The fourth-order valence-electron chi connectivity index (χ4n) is 3.40. The summed E-state index contributed by atoms with van der Waals surface area (Å²) in [6.07, 6.45) is 0.686. The summed E-state index contributed by atoms with van der Waals surface area (Å²) >= 11 is 1.43. The Balaban J connectivity index is 2.16. The van der Waals surface area contributed by atoms with Crippen LogP contribution in [0, 0.1) is 0 Å². The van der Waals surface area contributed by atoms with E-state index >= 15 is 0 Å². The summed E-state index contributed by atoms with van der Waals surface area (Å²) in [6.45, 7) is 5.73. The number of ether oxygens (including phenoxy) is 3. The number of aliphatic imine (C=N–C) groups is 1. The Hall–Kier alpha value is -2.48. The number of carbonyl (C=O) groups is 2. The number of rotatable bonds is 6. The molecule has 0 bridgehead atoms. The molecule has 8 heteroatoms. The van der Waals surface area contributed by atoms with Crippen molar-refractivity contribution in [2.45, 2.75) is 38.5 Å². The molecule has 0 aliphatic carbocycles. The van der Waals surface area contributed by atoms with Crippen molar-refractivity contribution >= 4 is 28.8 Å². The lowest BCUT2D eigenvalue weighted by atomic mass is 9.94. The maximum atomic E-state index is 13.1. The number of hydrogen-bond donors (Lipinski definition) is 0. The molecule has 0 radical (unpaired) electrons. The zero-order chi connectivity index (χ0) is 20.4. The molecule has 28 heavy (non-hydrogen) atoms. The summed E-state index contributed by atoms with van der Waals surface area (Å²) in [5.41, 5.74) is 1.66. The van der Waals surface area contributed by atoms with Crippen LogP contribution in [-0.2, 0) is 14.3 Å². The predicted molar refractivity (Wildman–Crippen MR) is 108 cm³/mol. The van der Waals surface area contributed by atoms with Crippen LogP contribution >= 0.6 is 11.8 Å². The van der Waals surface area contributed by atoms with Gasteiger partial charge in [0.2, 0.25) is 5.91 Å². The van der Waals surface area contributed by atoms with Crippen LogP contribution in [0.5, 0.6) is 11.5 Å². The van der Waals surface area contributed by atoms with Crippen molar-refractivity contribution in [3.8, 4) is 11.5 Å². The van der Waals surface area contributed by atoms with Gasteiger partial charge in [-0.05, 0) is 38.0 Å². The number of nitrogens with zero attached hydrogens (tertiary/aromatic N) is 2. The van der Waals surface area contributed by atoms with E-state index in [2.05, 4.69) is 4.99 Å². The van der Waals surface area contributed by atoms with Gasteiger partial charge < -0.3 is 14.2 Å². The number of amides is 1. The molecule has 0 saturated carbocycles. The van der Waals surface area contributed by atoms with E-state index in [4.69, 9.17) is 14.2 Å². The van der Waals surface area contributed by atoms with Gasteiger partial charge in [-0.15, -0.1) is 0 Å². The first kappa shape index (κ1) is 20.3. The van der Waals surface area contributed by atoms with E-state index in [1.807, 2.05) is 13.0 Å². The smallest absolute Gasteiger partial charge is 0.338 e. The zero-order valence-corrected chi connectivity index (χ0v) is 17.5. The van der Waals surface area contributed by atoms with E-state index in [0.717, 1.165) is 5.56 Å². The molecule has 1 aromatic carbocycles. The van der Waals surface area contributed by atoms with Gasteiger partial charge in [-0.2, -0.15) is 0 Å². The molecule has 2 heterocycles. The molecule has 2 aliphatic rings. The van der Waals surface area contributed by atoms with Crippen molar-refractivity contribution in [3.05, 3.63) is 35.0 Å². The maximum absolute atomic E-state index is 13.1. The third kappa shape index (κ3) is 3.37. The van der Waals surface area contributed by atoms with Crippen molar-refractivity contribution in [1.82, 2.24) is 4.90 Å². The van der Waals surface area contributed by atoms with Crippen LogP contribution < -0.4 is 9.47 Å². The SMILES string of the molecule is CCOC(=O)C1=C(C)N=C2S[C@H](CC)C(=O)N2[C@H]1c1ccc(OC)c(OC)c1. The highest BCUT2D eigenvalue weighted by atomic mass is 32.2. The van der Waals surface area contributed by atoms with Crippen LogP contribution in [-0.4, -0.2) is 48.0 Å². The van der Waals surface area contributed by atoms with Crippen molar-refractivity contribution < 1.29 is 23.8 Å². The number of hydrogen-bond acceptors (Lipinski definition) is 7. The maximum Gasteiger partial charge on any atom is 0.338 e. The molecule has 1 fully saturated rings. The van der Waals surface area contributed by atoms with E-state index in [1.54, 1.807) is 45.1 Å². The van der Waals surface area contributed by atoms with Crippen LogP contribution in [0.2, 0.25) is 0 Å². The molecule has 1 saturated heterocycles. The minimum absolute atomic E-state index is 0.0552. The van der Waals surface area contributed by atoms with Crippen molar-refractivity contribution in [2.75, 3.05) is 20.8 Å². The fraction of sp³-hybridized carbons (Fsp3) is 0.450. The van der Waals surface area contributed by atoms with Crippen LogP contribution in [0.15, 0.2) is 34.5 Å². The second-order valence-corrected chi connectivity index (χ2v) is 7.52. The molecule has 0 N–H and O–H groups in total. The molecule has 0 spiro atoms. The van der Waals surface area contributed by atoms with E-state index in [9.17, 15) is 9.59 Å². The topological polar surface area (TPSA) is 77.4 Å². The summed E-state index contributed by atoms with van der Waals surface area (Å²) in [5.74, 6) is 0.569.